The van der Waals surface area contributed by atoms with Crippen molar-refractivity contribution in [2.45, 2.75) is 51.3 Å². The highest BCUT2D eigenvalue weighted by Gasteiger charge is 2.47. The highest BCUT2D eigenvalue weighted by Crippen LogP contribution is 2.40. The molecule has 1 saturated heterocycles. The van der Waals surface area contributed by atoms with E-state index in [0.29, 0.717) is 18.6 Å². The molecule has 4 rings (SSSR count). The second-order valence-electron chi connectivity index (χ2n) is 8.92. The van der Waals surface area contributed by atoms with E-state index in [4.69, 9.17) is 4.65 Å². The number of aromatic hydroxyl groups is 1. The van der Waals surface area contributed by atoms with Gasteiger partial charge in [-0.15, -0.1) is 0 Å². The van der Waals surface area contributed by atoms with Gasteiger partial charge in [0.2, 0.25) is 0 Å². The minimum absolute atomic E-state index is 0.0486. The van der Waals surface area contributed by atoms with Gasteiger partial charge in [0.25, 0.3) is 0 Å². The molecule has 2 aliphatic rings. The Balaban J connectivity index is 1.65. The van der Waals surface area contributed by atoms with Crippen molar-refractivity contribution in [1.82, 2.24) is 0 Å². The van der Waals surface area contributed by atoms with Gasteiger partial charge in [-0.2, -0.15) is 0 Å². The van der Waals surface area contributed by atoms with Crippen molar-refractivity contribution in [1.29, 1.82) is 0 Å². The van der Waals surface area contributed by atoms with Gasteiger partial charge in [-0.3, -0.25) is 0 Å². The maximum absolute atomic E-state index is 12.5. The molecule has 0 saturated carbocycles. The molecule has 2 N–H and O–H groups in total. The number of phenols is 1. The van der Waals surface area contributed by atoms with Gasteiger partial charge in [0, 0.05) is 6.32 Å². The first-order valence-electron chi connectivity index (χ1n) is 11.0. The van der Waals surface area contributed by atoms with E-state index in [1.807, 2.05) is 51.1 Å². The van der Waals surface area contributed by atoms with Crippen LogP contribution in [0.5, 0.6) is 5.75 Å². The van der Waals surface area contributed by atoms with Crippen molar-refractivity contribution in [2.75, 3.05) is 5.75 Å². The minimum atomic E-state index is -3.27. The number of benzene rings is 2. The predicted molar refractivity (Wildman–Crippen MR) is 129 cm³/mol. The number of fused-ring (bicyclic) bond motifs is 1. The van der Waals surface area contributed by atoms with Crippen LogP contribution in [0.25, 0.3) is 11.6 Å². The van der Waals surface area contributed by atoms with Crippen LogP contribution in [0.1, 0.15) is 42.0 Å². The summed E-state index contributed by atoms with van der Waals surface area (Å²) in [5.74, 6) is 0.358. The molecule has 0 bridgehead atoms. The normalized spacial score (nSPS) is 22.9. The quantitative estimate of drug-likeness (QED) is 0.401. The zero-order valence-corrected chi connectivity index (χ0v) is 19.5. The number of phenolic OH excluding ortho intramolecular Hbond substituents is 1. The van der Waals surface area contributed by atoms with Crippen LogP contribution >= 0.6 is 0 Å². The molecule has 1 fully saturated rings. The first-order valence-corrected chi connectivity index (χ1v) is 12.7. The second-order valence-corrected chi connectivity index (χ2v) is 11.1. The van der Waals surface area contributed by atoms with E-state index >= 15 is 0 Å². The Morgan fingerprint density at radius 3 is 2.47 bits per heavy atom. The second kappa shape index (κ2) is 8.89. The minimum Gasteiger partial charge on any atom is -0.507 e. The third-order valence-electron chi connectivity index (χ3n) is 6.45. The van der Waals surface area contributed by atoms with Gasteiger partial charge >= 0.3 is 7.12 Å². The fraction of sp³-hybridized carbons (Fsp3) is 0.360. The average molecular weight is 452 g/mol. The largest absolute Gasteiger partial charge is 0.507 e. The molecular weight excluding hydrogens is 423 g/mol. The summed E-state index contributed by atoms with van der Waals surface area (Å²) in [6, 6.07) is 14.0. The molecule has 168 valence electrons. The lowest BCUT2D eigenvalue weighted by Gasteiger charge is -2.32. The van der Waals surface area contributed by atoms with Gasteiger partial charge < -0.3 is 14.8 Å². The molecule has 7 heteroatoms. The molecule has 2 atom stereocenters. The summed E-state index contributed by atoms with van der Waals surface area (Å²) in [4.78, 5) is 0. The molecule has 0 unspecified atom stereocenters. The van der Waals surface area contributed by atoms with E-state index in [-0.39, 0.29) is 12.1 Å². The van der Waals surface area contributed by atoms with Crippen molar-refractivity contribution in [3.8, 4) is 5.75 Å². The third kappa shape index (κ3) is 4.56. The van der Waals surface area contributed by atoms with Gasteiger partial charge in [-0.25, -0.2) is 8.42 Å². The van der Waals surface area contributed by atoms with Gasteiger partial charge in [0.15, 0.2) is 9.84 Å². The maximum Gasteiger partial charge on any atom is 0.456 e. The number of aryl methyl sites for hydroxylation is 2. The smallest absolute Gasteiger partial charge is 0.456 e. The van der Waals surface area contributed by atoms with Crippen LogP contribution in [0.15, 0.2) is 53.6 Å². The van der Waals surface area contributed by atoms with Crippen LogP contribution in [-0.2, 0) is 14.5 Å². The molecule has 2 heterocycles. The lowest BCUT2D eigenvalue weighted by atomic mass is 9.74. The van der Waals surface area contributed by atoms with Crippen LogP contribution in [0.2, 0.25) is 6.32 Å². The molecule has 0 aromatic heterocycles. The molecule has 2 aliphatic heterocycles. The first kappa shape index (κ1) is 22.8. The number of allylic oxidation sites excluding steroid dienone is 1. The Bertz CT molecular complexity index is 1160. The summed E-state index contributed by atoms with van der Waals surface area (Å²) in [5, 5.41) is 19.7. The van der Waals surface area contributed by atoms with E-state index in [2.05, 4.69) is 18.2 Å². The van der Waals surface area contributed by atoms with Crippen LogP contribution in [-0.4, -0.2) is 42.8 Å². The molecular formula is C25H29BO5S. The summed E-state index contributed by atoms with van der Waals surface area (Å²) in [5.41, 5.74) is 6.49. The lowest BCUT2D eigenvalue weighted by Crippen LogP contribution is -2.41. The molecule has 2 aromatic rings. The summed E-state index contributed by atoms with van der Waals surface area (Å²) >= 11 is 0. The number of hydrogen-bond donors (Lipinski definition) is 2. The van der Waals surface area contributed by atoms with Crippen molar-refractivity contribution in [2.24, 2.45) is 0 Å². The Hall–Kier alpha value is -2.35. The molecule has 32 heavy (non-hydrogen) atoms. The molecule has 5 nitrogen and oxygen atoms in total. The summed E-state index contributed by atoms with van der Waals surface area (Å²) in [6.45, 7) is 5.63. The summed E-state index contributed by atoms with van der Waals surface area (Å²) in [7, 11) is -4.34. The van der Waals surface area contributed by atoms with E-state index in [0.717, 1.165) is 39.0 Å². The highest BCUT2D eigenvalue weighted by atomic mass is 32.2. The number of hydrogen-bond acceptors (Lipinski definition) is 5. The summed E-state index contributed by atoms with van der Waals surface area (Å²) in [6.07, 6.45) is 3.03. The number of rotatable bonds is 5. The van der Waals surface area contributed by atoms with E-state index < -0.39 is 28.3 Å². The average Bonchev–Trinajstić information content (AvgIpc) is 2.97. The van der Waals surface area contributed by atoms with E-state index in [1.54, 1.807) is 0 Å². The van der Waals surface area contributed by atoms with Crippen molar-refractivity contribution < 1.29 is 23.2 Å². The van der Waals surface area contributed by atoms with Gasteiger partial charge in [-0.05, 0) is 79.1 Å². The third-order valence-corrected chi connectivity index (χ3v) is 8.60. The Kier molecular flexibility index (Phi) is 6.34. The van der Waals surface area contributed by atoms with Gasteiger partial charge in [-0.1, -0.05) is 42.0 Å². The standard InChI is InChI=1S/C25H29BO5S/c1-16-11-19(12-17(2)25(16)27)13-21(20-7-5-4-6-8-20)9-10-22-24-18(3)15-32(29,30)23(24)14-26(28)31-22/h4-8,11-13,22-23,27-28H,9-10,14-15H2,1-3H3/b21-13-/t22-,23+/m1/s1. The Morgan fingerprint density at radius 1 is 1.16 bits per heavy atom. The van der Waals surface area contributed by atoms with E-state index in [9.17, 15) is 18.5 Å². The van der Waals surface area contributed by atoms with Crippen molar-refractivity contribution in [3.63, 3.8) is 0 Å². The SMILES string of the molecule is CC1=C2[C@@H](CC/C(=C/c3cc(C)c(O)c(C)c3)c3ccccc3)OB(O)C[C@@H]2S(=O)(=O)C1. The Morgan fingerprint density at radius 2 is 1.81 bits per heavy atom. The summed E-state index contributed by atoms with van der Waals surface area (Å²) < 4.78 is 30.9. The van der Waals surface area contributed by atoms with Crippen molar-refractivity contribution in [3.05, 3.63) is 75.9 Å². The molecule has 2 aromatic carbocycles. The monoisotopic (exact) mass is 452 g/mol. The van der Waals surface area contributed by atoms with Crippen molar-refractivity contribution >= 4 is 28.6 Å². The fourth-order valence-corrected chi connectivity index (χ4v) is 7.12. The predicted octanol–water partition coefficient (Wildman–Crippen LogP) is 4.32. The molecule has 0 radical (unpaired) electrons. The van der Waals surface area contributed by atoms with Gasteiger partial charge in [0.1, 0.15) is 5.75 Å². The maximum atomic E-state index is 12.5. The van der Waals surface area contributed by atoms with Gasteiger partial charge in [0.05, 0.1) is 17.1 Å². The molecule has 0 spiro atoms. The topological polar surface area (TPSA) is 83.8 Å². The molecule has 0 amide bonds. The highest BCUT2D eigenvalue weighted by molar-refractivity contribution is 7.92. The van der Waals surface area contributed by atoms with Crippen LogP contribution < -0.4 is 0 Å². The zero-order chi connectivity index (χ0) is 23.0. The Labute approximate surface area is 190 Å². The zero-order valence-electron chi connectivity index (χ0n) is 18.7. The molecule has 0 aliphatic carbocycles. The van der Waals surface area contributed by atoms with Crippen LogP contribution in [0, 0.1) is 13.8 Å². The fourth-order valence-electron chi connectivity index (χ4n) is 4.95. The van der Waals surface area contributed by atoms with Crippen LogP contribution in [0.4, 0.5) is 0 Å². The van der Waals surface area contributed by atoms with E-state index in [1.165, 1.54) is 0 Å². The number of sulfone groups is 1. The first-order chi connectivity index (χ1) is 15.2. The lowest BCUT2D eigenvalue weighted by molar-refractivity contribution is 0.171. The van der Waals surface area contributed by atoms with Crippen LogP contribution in [0.3, 0.4) is 0 Å².